The minimum absolute atomic E-state index is 0.891. The molecular formula is C12H24N2S. The zero-order chi connectivity index (χ0) is 10.5. The van der Waals surface area contributed by atoms with Crippen molar-refractivity contribution in [1.29, 1.82) is 0 Å². The van der Waals surface area contributed by atoms with Crippen molar-refractivity contribution in [3.8, 4) is 0 Å². The van der Waals surface area contributed by atoms with Crippen molar-refractivity contribution in [2.45, 2.75) is 31.7 Å². The van der Waals surface area contributed by atoms with Crippen molar-refractivity contribution in [1.82, 2.24) is 9.80 Å². The van der Waals surface area contributed by atoms with Crippen LogP contribution in [0.2, 0.25) is 0 Å². The summed E-state index contributed by atoms with van der Waals surface area (Å²) in [6.45, 7) is 6.66. The summed E-state index contributed by atoms with van der Waals surface area (Å²) in [5, 5.41) is 0. The van der Waals surface area contributed by atoms with Crippen LogP contribution in [0, 0.1) is 0 Å². The third kappa shape index (κ3) is 3.36. The van der Waals surface area contributed by atoms with Crippen LogP contribution in [0.1, 0.15) is 25.7 Å². The summed E-state index contributed by atoms with van der Waals surface area (Å²) < 4.78 is 0. The molecule has 0 spiro atoms. The molecular weight excluding hydrogens is 204 g/mol. The maximum atomic E-state index is 2.72. The molecule has 1 unspecified atom stereocenters. The zero-order valence-electron chi connectivity index (χ0n) is 9.95. The van der Waals surface area contributed by atoms with E-state index in [1.165, 1.54) is 64.2 Å². The molecule has 0 saturated carbocycles. The van der Waals surface area contributed by atoms with Crippen LogP contribution in [0.5, 0.6) is 0 Å². The lowest BCUT2D eigenvalue weighted by molar-refractivity contribution is 0.0497. The minimum Gasteiger partial charge on any atom is -0.300 e. The van der Waals surface area contributed by atoms with Gasteiger partial charge in [0.05, 0.1) is 0 Å². The van der Waals surface area contributed by atoms with E-state index >= 15 is 0 Å². The van der Waals surface area contributed by atoms with E-state index in [1.54, 1.807) is 0 Å². The average Bonchev–Trinajstić information content (AvgIpc) is 2.29. The quantitative estimate of drug-likeness (QED) is 0.679. The largest absolute Gasteiger partial charge is 0.300 e. The molecule has 2 rings (SSSR count). The Morgan fingerprint density at radius 1 is 1.20 bits per heavy atom. The molecule has 88 valence electrons. The summed E-state index contributed by atoms with van der Waals surface area (Å²) in [7, 11) is 0. The molecule has 0 bridgehead atoms. The Morgan fingerprint density at radius 2 is 2.13 bits per heavy atom. The third-order valence-corrected chi connectivity index (χ3v) is 4.44. The molecule has 0 aromatic carbocycles. The van der Waals surface area contributed by atoms with Gasteiger partial charge >= 0.3 is 0 Å². The smallest absolute Gasteiger partial charge is 0.0223 e. The van der Waals surface area contributed by atoms with Crippen LogP contribution >= 0.6 is 11.8 Å². The lowest BCUT2D eigenvalue weighted by atomic mass is 9.99. The minimum atomic E-state index is 0.891. The second-order valence-electron chi connectivity index (χ2n) is 4.83. The highest BCUT2D eigenvalue weighted by Crippen LogP contribution is 2.21. The third-order valence-electron chi connectivity index (χ3n) is 3.74. The lowest BCUT2D eigenvalue weighted by Crippen LogP contribution is -2.54. The van der Waals surface area contributed by atoms with Gasteiger partial charge in [0.2, 0.25) is 0 Å². The van der Waals surface area contributed by atoms with E-state index in [0.717, 1.165) is 6.04 Å². The highest BCUT2D eigenvalue weighted by atomic mass is 32.2. The highest BCUT2D eigenvalue weighted by Gasteiger charge is 2.28. The molecule has 2 nitrogen and oxygen atoms in total. The first-order valence-electron chi connectivity index (χ1n) is 6.35. The van der Waals surface area contributed by atoms with Crippen LogP contribution in [0.4, 0.5) is 0 Å². The molecule has 0 N–H and O–H groups in total. The van der Waals surface area contributed by atoms with E-state index in [-0.39, 0.29) is 0 Å². The monoisotopic (exact) mass is 228 g/mol. The Labute approximate surface area is 98.4 Å². The number of rotatable bonds is 4. The van der Waals surface area contributed by atoms with Crippen LogP contribution in [0.15, 0.2) is 0 Å². The van der Waals surface area contributed by atoms with Crippen LogP contribution < -0.4 is 0 Å². The number of fused-ring (bicyclic) bond motifs is 1. The fraction of sp³-hybridized carbons (Fsp3) is 1.00. The molecule has 0 aliphatic carbocycles. The number of hydrogen-bond acceptors (Lipinski definition) is 3. The molecule has 1 atom stereocenters. The van der Waals surface area contributed by atoms with Crippen molar-refractivity contribution in [3.05, 3.63) is 0 Å². The number of piperidine rings is 1. The second-order valence-corrected chi connectivity index (χ2v) is 5.82. The molecule has 15 heavy (non-hydrogen) atoms. The fourth-order valence-electron chi connectivity index (χ4n) is 2.86. The van der Waals surface area contributed by atoms with E-state index in [0.29, 0.717) is 0 Å². The topological polar surface area (TPSA) is 6.48 Å². The average molecular weight is 228 g/mol. The number of piperazine rings is 1. The van der Waals surface area contributed by atoms with Crippen LogP contribution in [-0.2, 0) is 0 Å². The summed E-state index contributed by atoms with van der Waals surface area (Å²) in [6.07, 6.45) is 7.91. The van der Waals surface area contributed by atoms with Gasteiger partial charge in [-0.25, -0.2) is 0 Å². The molecule has 2 heterocycles. The Hall–Kier alpha value is 0.270. The Balaban J connectivity index is 1.71. The maximum absolute atomic E-state index is 2.72. The van der Waals surface area contributed by atoms with Crippen molar-refractivity contribution in [2.75, 3.05) is 44.7 Å². The van der Waals surface area contributed by atoms with Gasteiger partial charge in [0.15, 0.2) is 0 Å². The first kappa shape index (κ1) is 11.7. The Kier molecular flexibility index (Phi) is 4.79. The van der Waals surface area contributed by atoms with Crippen LogP contribution in [0.25, 0.3) is 0 Å². The van der Waals surface area contributed by atoms with Gasteiger partial charge in [-0.15, -0.1) is 0 Å². The zero-order valence-corrected chi connectivity index (χ0v) is 10.8. The van der Waals surface area contributed by atoms with Crippen molar-refractivity contribution >= 4 is 11.8 Å². The van der Waals surface area contributed by atoms with Gasteiger partial charge in [0.25, 0.3) is 0 Å². The first-order valence-corrected chi connectivity index (χ1v) is 7.75. The van der Waals surface area contributed by atoms with Crippen molar-refractivity contribution in [3.63, 3.8) is 0 Å². The van der Waals surface area contributed by atoms with Gasteiger partial charge in [-0.05, 0) is 44.4 Å². The van der Waals surface area contributed by atoms with Gasteiger partial charge in [-0.1, -0.05) is 6.42 Å². The molecule has 0 aromatic heterocycles. The number of nitrogens with zero attached hydrogens (tertiary/aromatic N) is 2. The standard InChI is InChI=1S/C12H24N2S/c1-15-10-4-6-13-8-9-14-7-3-2-5-12(14)11-13/h12H,2-11H2,1H3. The molecule has 0 aromatic rings. The van der Waals surface area contributed by atoms with Gasteiger partial charge < -0.3 is 4.90 Å². The van der Waals surface area contributed by atoms with E-state index in [9.17, 15) is 0 Å². The molecule has 2 saturated heterocycles. The normalized spacial score (nSPS) is 29.0. The van der Waals surface area contributed by atoms with Gasteiger partial charge in [-0.3, -0.25) is 4.90 Å². The lowest BCUT2D eigenvalue weighted by Gasteiger charge is -2.44. The van der Waals surface area contributed by atoms with Crippen molar-refractivity contribution < 1.29 is 0 Å². The van der Waals surface area contributed by atoms with E-state index in [2.05, 4.69) is 16.1 Å². The summed E-state index contributed by atoms with van der Waals surface area (Å²) >= 11 is 1.98. The van der Waals surface area contributed by atoms with Gasteiger partial charge in [0.1, 0.15) is 0 Å². The summed E-state index contributed by atoms with van der Waals surface area (Å²) in [5.41, 5.74) is 0. The Morgan fingerprint density at radius 3 is 3.00 bits per heavy atom. The molecule has 0 radical (unpaired) electrons. The highest BCUT2D eigenvalue weighted by molar-refractivity contribution is 7.98. The molecule has 2 fully saturated rings. The van der Waals surface area contributed by atoms with E-state index in [1.807, 2.05) is 11.8 Å². The van der Waals surface area contributed by atoms with Gasteiger partial charge in [-0.2, -0.15) is 11.8 Å². The predicted molar refractivity (Wildman–Crippen MR) is 68.7 cm³/mol. The molecule has 3 heteroatoms. The van der Waals surface area contributed by atoms with Gasteiger partial charge in [0, 0.05) is 25.7 Å². The van der Waals surface area contributed by atoms with Crippen molar-refractivity contribution in [2.24, 2.45) is 0 Å². The fourth-order valence-corrected chi connectivity index (χ4v) is 3.27. The SMILES string of the molecule is CSCCCN1CCN2CCCCC2C1. The van der Waals surface area contributed by atoms with Crippen LogP contribution in [0.3, 0.4) is 0 Å². The molecule has 2 aliphatic rings. The number of hydrogen-bond donors (Lipinski definition) is 0. The number of thioether (sulfide) groups is 1. The maximum Gasteiger partial charge on any atom is 0.0223 e. The molecule has 2 aliphatic heterocycles. The first-order chi connectivity index (χ1) is 7.40. The summed E-state index contributed by atoms with van der Waals surface area (Å²) in [4.78, 5) is 5.40. The Bertz CT molecular complexity index is 184. The second kappa shape index (κ2) is 6.12. The summed E-state index contributed by atoms with van der Waals surface area (Å²) in [5.74, 6) is 1.32. The molecule has 0 amide bonds. The summed E-state index contributed by atoms with van der Waals surface area (Å²) in [6, 6.07) is 0.891. The van der Waals surface area contributed by atoms with E-state index in [4.69, 9.17) is 0 Å². The predicted octanol–water partition coefficient (Wildman–Crippen LogP) is 1.91. The van der Waals surface area contributed by atoms with E-state index < -0.39 is 0 Å². The van der Waals surface area contributed by atoms with Crippen LogP contribution in [-0.4, -0.2) is 60.6 Å².